The molecule has 3 N–H and O–H groups in total. The van der Waals surface area contributed by atoms with Gasteiger partial charge < -0.3 is 4.90 Å². The Balaban J connectivity index is 2.93. The van der Waals surface area contributed by atoms with Crippen molar-refractivity contribution in [3.8, 4) is 0 Å². The summed E-state index contributed by atoms with van der Waals surface area (Å²) in [6.45, 7) is 4.45. The van der Waals surface area contributed by atoms with Gasteiger partial charge in [-0.2, -0.15) is 0 Å². The fraction of sp³-hybridized carbons (Fsp3) is 0.643. The lowest BCUT2D eigenvalue weighted by molar-refractivity contribution is 0.0882. The second kappa shape index (κ2) is 6.83. The Morgan fingerprint density at radius 2 is 1.83 bits per heavy atom. The van der Waals surface area contributed by atoms with E-state index in [0.29, 0.717) is 0 Å². The van der Waals surface area contributed by atoms with Crippen molar-refractivity contribution in [3.05, 3.63) is 30.1 Å². The summed E-state index contributed by atoms with van der Waals surface area (Å²) >= 11 is 0. The lowest BCUT2D eigenvalue weighted by Gasteiger charge is -2.45. The summed E-state index contributed by atoms with van der Waals surface area (Å²) < 4.78 is 0. The highest BCUT2D eigenvalue weighted by molar-refractivity contribution is 5.14. The van der Waals surface area contributed by atoms with Gasteiger partial charge in [-0.15, -0.1) is 0 Å². The van der Waals surface area contributed by atoms with E-state index in [9.17, 15) is 0 Å². The second-order valence-electron chi connectivity index (χ2n) is 4.98. The van der Waals surface area contributed by atoms with Gasteiger partial charge in [0, 0.05) is 24.0 Å². The van der Waals surface area contributed by atoms with Gasteiger partial charge in [-0.1, -0.05) is 13.8 Å². The maximum absolute atomic E-state index is 5.80. The highest BCUT2D eigenvalue weighted by atomic mass is 15.3. The Bertz CT molecular complexity index is 333. The molecule has 0 bridgehead atoms. The van der Waals surface area contributed by atoms with Crippen molar-refractivity contribution in [2.24, 2.45) is 5.84 Å². The molecule has 0 spiro atoms. The van der Waals surface area contributed by atoms with E-state index in [1.807, 2.05) is 12.4 Å². The Morgan fingerprint density at radius 1 is 1.28 bits per heavy atom. The minimum Gasteiger partial charge on any atom is -0.302 e. The molecule has 0 saturated carbocycles. The zero-order valence-electron chi connectivity index (χ0n) is 12.0. The molecule has 0 radical (unpaired) electrons. The van der Waals surface area contributed by atoms with Gasteiger partial charge in [0.2, 0.25) is 0 Å². The van der Waals surface area contributed by atoms with Crippen molar-refractivity contribution in [2.75, 3.05) is 14.1 Å². The summed E-state index contributed by atoms with van der Waals surface area (Å²) in [6.07, 6.45) is 6.71. The smallest absolute Gasteiger partial charge is 0.0434 e. The van der Waals surface area contributed by atoms with Crippen LogP contribution in [-0.2, 0) is 6.42 Å². The minimum absolute atomic E-state index is 0.0814. The number of hydrogen-bond acceptors (Lipinski definition) is 4. The van der Waals surface area contributed by atoms with Crippen LogP contribution in [0.2, 0.25) is 0 Å². The van der Waals surface area contributed by atoms with Crippen LogP contribution in [0.25, 0.3) is 0 Å². The number of hydrazine groups is 1. The summed E-state index contributed by atoms with van der Waals surface area (Å²) in [5.41, 5.74) is 4.36. The molecule has 0 aliphatic carbocycles. The van der Waals surface area contributed by atoms with Crippen LogP contribution in [0.5, 0.6) is 0 Å². The Kier molecular flexibility index (Phi) is 5.72. The number of nitrogens with one attached hydrogen (secondary N) is 1. The van der Waals surface area contributed by atoms with Crippen molar-refractivity contribution in [2.45, 2.75) is 44.7 Å². The first kappa shape index (κ1) is 15.1. The van der Waals surface area contributed by atoms with E-state index in [4.69, 9.17) is 5.84 Å². The molecule has 102 valence electrons. The number of rotatable bonds is 7. The monoisotopic (exact) mass is 250 g/mol. The first-order valence-electron chi connectivity index (χ1n) is 6.63. The number of nitrogens with two attached hydrogens (primary N) is 1. The van der Waals surface area contributed by atoms with E-state index in [0.717, 1.165) is 19.3 Å². The van der Waals surface area contributed by atoms with Crippen molar-refractivity contribution in [1.29, 1.82) is 0 Å². The highest BCUT2D eigenvalue weighted by Crippen LogP contribution is 2.27. The maximum Gasteiger partial charge on any atom is 0.0434 e. The Hall–Kier alpha value is -0.970. The van der Waals surface area contributed by atoms with Crippen LogP contribution in [-0.4, -0.2) is 35.6 Å². The van der Waals surface area contributed by atoms with Crippen LogP contribution >= 0.6 is 0 Å². The standard InChI is InChI=1S/C14H26N4/c1-5-14(6-2,18(3)4)13(17-15)11-12-7-9-16-10-8-12/h7-10,13,17H,5-6,11,15H2,1-4H3. The third kappa shape index (κ3) is 3.07. The summed E-state index contributed by atoms with van der Waals surface area (Å²) in [4.78, 5) is 6.34. The van der Waals surface area contributed by atoms with Gasteiger partial charge in [-0.05, 0) is 51.1 Å². The van der Waals surface area contributed by atoms with Crippen molar-refractivity contribution in [1.82, 2.24) is 15.3 Å². The van der Waals surface area contributed by atoms with E-state index < -0.39 is 0 Å². The molecule has 1 rings (SSSR count). The first-order chi connectivity index (χ1) is 8.60. The molecule has 1 aromatic rings. The molecule has 4 nitrogen and oxygen atoms in total. The molecule has 0 aromatic carbocycles. The van der Waals surface area contributed by atoms with E-state index in [1.54, 1.807) is 0 Å². The summed E-state index contributed by atoms with van der Waals surface area (Å²) in [6, 6.07) is 4.33. The molecule has 0 fully saturated rings. The molecule has 0 amide bonds. The summed E-state index contributed by atoms with van der Waals surface area (Å²) in [7, 11) is 4.26. The number of aromatic nitrogens is 1. The zero-order chi connectivity index (χ0) is 13.6. The van der Waals surface area contributed by atoms with E-state index in [1.165, 1.54) is 5.56 Å². The molecule has 0 aliphatic heterocycles. The van der Waals surface area contributed by atoms with Gasteiger partial charge in [-0.3, -0.25) is 16.3 Å². The second-order valence-corrected chi connectivity index (χ2v) is 4.98. The molecular weight excluding hydrogens is 224 g/mol. The lowest BCUT2D eigenvalue weighted by atomic mass is 9.80. The zero-order valence-corrected chi connectivity index (χ0v) is 12.0. The maximum atomic E-state index is 5.80. The van der Waals surface area contributed by atoms with Crippen molar-refractivity contribution >= 4 is 0 Å². The predicted octanol–water partition coefficient (Wildman–Crippen LogP) is 1.58. The predicted molar refractivity (Wildman–Crippen MR) is 76.1 cm³/mol. The molecule has 1 heterocycles. The number of hydrogen-bond donors (Lipinski definition) is 2. The fourth-order valence-electron chi connectivity index (χ4n) is 2.85. The minimum atomic E-state index is 0.0814. The van der Waals surface area contributed by atoms with Gasteiger partial charge in [0.15, 0.2) is 0 Å². The van der Waals surface area contributed by atoms with Crippen LogP contribution in [0, 0.1) is 0 Å². The summed E-state index contributed by atoms with van der Waals surface area (Å²) in [5, 5.41) is 0. The Morgan fingerprint density at radius 3 is 2.22 bits per heavy atom. The molecule has 1 aromatic heterocycles. The van der Waals surface area contributed by atoms with Crippen LogP contribution < -0.4 is 11.3 Å². The summed E-state index contributed by atoms with van der Waals surface area (Å²) in [5.74, 6) is 5.80. The lowest BCUT2D eigenvalue weighted by Crippen LogP contribution is -2.61. The molecular formula is C14H26N4. The van der Waals surface area contributed by atoms with E-state index in [-0.39, 0.29) is 11.6 Å². The van der Waals surface area contributed by atoms with Gasteiger partial charge in [0.1, 0.15) is 0 Å². The van der Waals surface area contributed by atoms with E-state index >= 15 is 0 Å². The van der Waals surface area contributed by atoms with Gasteiger partial charge in [0.05, 0.1) is 0 Å². The van der Waals surface area contributed by atoms with Crippen LogP contribution in [0.1, 0.15) is 32.3 Å². The normalized spacial score (nSPS) is 13.9. The molecule has 0 aliphatic rings. The average molecular weight is 250 g/mol. The number of likely N-dealkylation sites (N-methyl/N-ethyl adjacent to an activating group) is 1. The molecule has 1 atom stereocenters. The largest absolute Gasteiger partial charge is 0.302 e. The van der Waals surface area contributed by atoms with Gasteiger partial charge in [0.25, 0.3) is 0 Å². The third-order valence-corrected chi connectivity index (χ3v) is 4.15. The third-order valence-electron chi connectivity index (χ3n) is 4.15. The number of pyridine rings is 1. The van der Waals surface area contributed by atoms with Crippen molar-refractivity contribution in [3.63, 3.8) is 0 Å². The molecule has 4 heteroatoms. The van der Waals surface area contributed by atoms with Crippen LogP contribution in [0.3, 0.4) is 0 Å². The van der Waals surface area contributed by atoms with Crippen LogP contribution in [0.15, 0.2) is 24.5 Å². The quantitative estimate of drug-likeness (QED) is 0.570. The van der Waals surface area contributed by atoms with Crippen LogP contribution in [0.4, 0.5) is 0 Å². The van der Waals surface area contributed by atoms with Gasteiger partial charge >= 0.3 is 0 Å². The Labute approximate surface area is 111 Å². The molecule has 1 unspecified atom stereocenters. The first-order valence-corrected chi connectivity index (χ1v) is 6.63. The number of nitrogens with zero attached hydrogens (tertiary/aromatic N) is 2. The SMILES string of the molecule is CCC(CC)(C(Cc1ccncc1)NN)N(C)C. The fourth-order valence-corrected chi connectivity index (χ4v) is 2.85. The molecule has 0 saturated heterocycles. The topological polar surface area (TPSA) is 54.2 Å². The van der Waals surface area contributed by atoms with Crippen molar-refractivity contribution < 1.29 is 0 Å². The molecule has 18 heavy (non-hydrogen) atoms. The van der Waals surface area contributed by atoms with E-state index in [2.05, 4.69) is 55.4 Å². The van der Waals surface area contributed by atoms with Gasteiger partial charge in [-0.25, -0.2) is 0 Å². The average Bonchev–Trinajstić information content (AvgIpc) is 2.40. The highest BCUT2D eigenvalue weighted by Gasteiger charge is 2.37.